The lowest BCUT2D eigenvalue weighted by Gasteiger charge is -2.23. The van der Waals surface area contributed by atoms with Crippen LogP contribution in [-0.2, 0) is 6.18 Å². The van der Waals surface area contributed by atoms with Crippen molar-refractivity contribution in [2.24, 2.45) is 0 Å². The predicted molar refractivity (Wildman–Crippen MR) is 58.9 cm³/mol. The average molecular weight is 244 g/mol. The molecule has 1 N–H and O–H groups in total. The van der Waals surface area contributed by atoms with Crippen molar-refractivity contribution in [1.29, 1.82) is 0 Å². The van der Waals surface area contributed by atoms with E-state index < -0.39 is 17.5 Å². The van der Waals surface area contributed by atoms with Crippen LogP contribution in [0.1, 0.15) is 49.1 Å². The van der Waals surface area contributed by atoms with Crippen molar-refractivity contribution in [3.8, 4) is 5.75 Å². The lowest BCUT2D eigenvalue weighted by Crippen LogP contribution is -2.09. The van der Waals surface area contributed by atoms with Gasteiger partial charge < -0.3 is 5.11 Å². The average Bonchev–Trinajstić information content (AvgIpc) is 2.29. The van der Waals surface area contributed by atoms with Crippen molar-refractivity contribution in [2.45, 2.75) is 44.2 Å². The molecule has 1 aliphatic rings. The van der Waals surface area contributed by atoms with Crippen molar-refractivity contribution in [1.82, 2.24) is 0 Å². The van der Waals surface area contributed by atoms with Crippen molar-refractivity contribution in [3.05, 3.63) is 29.3 Å². The number of benzene rings is 1. The lowest BCUT2D eigenvalue weighted by atomic mass is 9.83. The van der Waals surface area contributed by atoms with Gasteiger partial charge in [-0.15, -0.1) is 0 Å². The molecule has 4 heteroatoms. The molecule has 0 heterocycles. The quantitative estimate of drug-likeness (QED) is 0.773. The topological polar surface area (TPSA) is 20.2 Å². The van der Waals surface area contributed by atoms with Crippen LogP contribution in [0, 0.1) is 0 Å². The fraction of sp³-hybridized carbons (Fsp3) is 0.538. The Labute approximate surface area is 98.3 Å². The smallest absolute Gasteiger partial charge is 0.419 e. The van der Waals surface area contributed by atoms with Crippen LogP contribution in [0.15, 0.2) is 18.2 Å². The second-order valence-corrected chi connectivity index (χ2v) is 4.61. The summed E-state index contributed by atoms with van der Waals surface area (Å²) in [6, 6.07) is 3.87. The monoisotopic (exact) mass is 244 g/mol. The highest BCUT2D eigenvalue weighted by Crippen LogP contribution is 2.40. The van der Waals surface area contributed by atoms with Gasteiger partial charge in [-0.1, -0.05) is 25.3 Å². The van der Waals surface area contributed by atoms with E-state index in [9.17, 15) is 18.3 Å². The van der Waals surface area contributed by atoms with Gasteiger partial charge in [0.15, 0.2) is 0 Å². The third-order valence-corrected chi connectivity index (χ3v) is 3.40. The number of aromatic hydroxyl groups is 1. The van der Waals surface area contributed by atoms with Crippen LogP contribution in [0.4, 0.5) is 13.2 Å². The molecule has 0 bridgehead atoms. The predicted octanol–water partition coefficient (Wildman–Crippen LogP) is 4.46. The number of hydrogen-bond donors (Lipinski definition) is 1. The SMILES string of the molecule is Oc1ccc(C2CCCCC2)cc1C(F)(F)F. The van der Waals surface area contributed by atoms with E-state index in [-0.39, 0.29) is 5.92 Å². The zero-order valence-electron chi connectivity index (χ0n) is 9.43. The fourth-order valence-corrected chi connectivity index (χ4v) is 2.47. The fourth-order valence-electron chi connectivity index (χ4n) is 2.47. The van der Waals surface area contributed by atoms with Crippen LogP contribution in [-0.4, -0.2) is 5.11 Å². The van der Waals surface area contributed by atoms with Crippen LogP contribution in [0.5, 0.6) is 5.75 Å². The van der Waals surface area contributed by atoms with E-state index in [2.05, 4.69) is 0 Å². The first-order chi connectivity index (χ1) is 7.98. The number of phenols is 1. The Morgan fingerprint density at radius 1 is 1.06 bits per heavy atom. The Morgan fingerprint density at radius 2 is 1.71 bits per heavy atom. The van der Waals surface area contributed by atoms with Crippen molar-refractivity contribution in [2.75, 3.05) is 0 Å². The highest BCUT2D eigenvalue weighted by Gasteiger charge is 2.34. The van der Waals surface area contributed by atoms with Gasteiger partial charge in [-0.2, -0.15) is 13.2 Å². The molecular weight excluding hydrogens is 229 g/mol. The summed E-state index contributed by atoms with van der Waals surface area (Å²) in [6.45, 7) is 0. The van der Waals surface area contributed by atoms with Gasteiger partial charge in [0.05, 0.1) is 5.56 Å². The van der Waals surface area contributed by atoms with E-state index in [0.717, 1.165) is 37.8 Å². The molecule has 0 radical (unpaired) electrons. The molecule has 0 aromatic heterocycles. The minimum Gasteiger partial charge on any atom is -0.507 e. The molecule has 1 saturated carbocycles. The molecule has 1 aromatic rings. The van der Waals surface area contributed by atoms with Gasteiger partial charge in [0.2, 0.25) is 0 Å². The van der Waals surface area contributed by atoms with E-state index in [1.54, 1.807) is 6.07 Å². The molecule has 1 nitrogen and oxygen atoms in total. The van der Waals surface area contributed by atoms with E-state index in [1.165, 1.54) is 6.42 Å². The maximum absolute atomic E-state index is 12.6. The second kappa shape index (κ2) is 4.59. The summed E-state index contributed by atoms with van der Waals surface area (Å²) in [6.07, 6.45) is 0.736. The number of halogens is 3. The third-order valence-electron chi connectivity index (χ3n) is 3.40. The largest absolute Gasteiger partial charge is 0.507 e. The maximum Gasteiger partial charge on any atom is 0.419 e. The van der Waals surface area contributed by atoms with Crippen LogP contribution in [0.25, 0.3) is 0 Å². The molecule has 0 unspecified atom stereocenters. The molecule has 1 fully saturated rings. The van der Waals surface area contributed by atoms with Crippen LogP contribution < -0.4 is 0 Å². The Kier molecular flexibility index (Phi) is 3.31. The summed E-state index contributed by atoms with van der Waals surface area (Å²) in [5.74, 6) is -0.470. The molecule has 94 valence electrons. The highest BCUT2D eigenvalue weighted by molar-refractivity contribution is 5.39. The number of alkyl halides is 3. The van der Waals surface area contributed by atoms with E-state index in [0.29, 0.717) is 5.56 Å². The summed E-state index contributed by atoms with van der Waals surface area (Å²) >= 11 is 0. The van der Waals surface area contributed by atoms with E-state index in [1.807, 2.05) is 0 Å². The summed E-state index contributed by atoms with van der Waals surface area (Å²) < 4.78 is 37.9. The Bertz CT molecular complexity index is 392. The van der Waals surface area contributed by atoms with Crippen LogP contribution in [0.3, 0.4) is 0 Å². The first-order valence-electron chi connectivity index (χ1n) is 5.88. The van der Waals surface area contributed by atoms with Gasteiger partial charge in [0.25, 0.3) is 0 Å². The Balaban J connectivity index is 2.30. The lowest BCUT2D eigenvalue weighted by molar-refractivity contribution is -0.138. The number of rotatable bonds is 1. The third kappa shape index (κ3) is 2.73. The molecular formula is C13H15F3O. The van der Waals surface area contributed by atoms with Gasteiger partial charge in [0, 0.05) is 0 Å². The van der Waals surface area contributed by atoms with Crippen molar-refractivity contribution >= 4 is 0 Å². The standard InChI is InChI=1S/C13H15F3O/c14-13(15,16)11-8-10(6-7-12(11)17)9-4-2-1-3-5-9/h6-9,17H,1-5H2. The van der Waals surface area contributed by atoms with Gasteiger partial charge in [-0.05, 0) is 36.5 Å². The molecule has 1 aromatic carbocycles. The molecule has 0 aliphatic heterocycles. The zero-order chi connectivity index (χ0) is 12.5. The summed E-state index contributed by atoms with van der Waals surface area (Å²) in [5.41, 5.74) is -0.213. The molecule has 2 rings (SSSR count). The number of hydrogen-bond acceptors (Lipinski definition) is 1. The normalized spacial score (nSPS) is 18.3. The summed E-state index contributed by atoms with van der Waals surface area (Å²) in [7, 11) is 0. The highest BCUT2D eigenvalue weighted by atomic mass is 19.4. The molecule has 1 aliphatic carbocycles. The number of phenolic OH excluding ortho intramolecular Hbond substituents is 1. The zero-order valence-corrected chi connectivity index (χ0v) is 9.43. The van der Waals surface area contributed by atoms with Crippen molar-refractivity contribution < 1.29 is 18.3 Å². The van der Waals surface area contributed by atoms with Crippen LogP contribution >= 0.6 is 0 Å². The van der Waals surface area contributed by atoms with Crippen LogP contribution in [0.2, 0.25) is 0 Å². The maximum atomic E-state index is 12.6. The first-order valence-corrected chi connectivity index (χ1v) is 5.88. The molecule has 0 atom stereocenters. The Hall–Kier alpha value is -1.19. The Morgan fingerprint density at radius 3 is 2.29 bits per heavy atom. The molecule has 0 spiro atoms. The second-order valence-electron chi connectivity index (χ2n) is 4.61. The molecule has 17 heavy (non-hydrogen) atoms. The van der Waals surface area contributed by atoms with E-state index >= 15 is 0 Å². The summed E-state index contributed by atoms with van der Waals surface area (Å²) in [4.78, 5) is 0. The van der Waals surface area contributed by atoms with Gasteiger partial charge >= 0.3 is 6.18 Å². The minimum absolute atomic E-state index is 0.213. The van der Waals surface area contributed by atoms with Crippen molar-refractivity contribution in [3.63, 3.8) is 0 Å². The van der Waals surface area contributed by atoms with Gasteiger partial charge in [0.1, 0.15) is 5.75 Å². The van der Waals surface area contributed by atoms with Gasteiger partial charge in [-0.25, -0.2) is 0 Å². The molecule has 0 amide bonds. The summed E-state index contributed by atoms with van der Waals surface area (Å²) in [5, 5.41) is 9.25. The first kappa shape index (κ1) is 12.3. The minimum atomic E-state index is -4.48. The molecule has 0 saturated heterocycles. The van der Waals surface area contributed by atoms with Gasteiger partial charge in [-0.3, -0.25) is 0 Å². The van der Waals surface area contributed by atoms with E-state index in [4.69, 9.17) is 0 Å².